The number of aromatic amines is 1. The van der Waals surface area contributed by atoms with Gasteiger partial charge in [0.2, 0.25) is 0 Å². The Labute approximate surface area is 206 Å². The zero-order valence-corrected chi connectivity index (χ0v) is 20.3. The second kappa shape index (κ2) is 10.8. The number of piperidine rings is 1. The molecule has 4 rings (SSSR count). The maximum Gasteiger partial charge on any atom is 0.271 e. The Balaban J connectivity index is 1.50. The second-order valence-corrected chi connectivity index (χ2v) is 9.44. The Bertz CT molecular complexity index is 1160. The minimum absolute atomic E-state index is 0.0529. The van der Waals surface area contributed by atoms with Crippen molar-refractivity contribution >= 4 is 45.7 Å². The molecular formula is C24H27IN6O2. The van der Waals surface area contributed by atoms with E-state index in [2.05, 4.69) is 48.1 Å². The fraction of sp³-hybridized carbons (Fsp3) is 0.292. The largest absolute Gasteiger partial charge is 0.372 e. The number of carbonyl (C=O) groups excluding carboxylic acids is 1. The first-order valence-corrected chi connectivity index (χ1v) is 12.3. The van der Waals surface area contributed by atoms with Gasteiger partial charge in [-0.05, 0) is 61.7 Å². The number of carbonyl (C=O) groups is 1. The van der Waals surface area contributed by atoms with Crippen molar-refractivity contribution in [1.29, 1.82) is 0 Å². The standard InChI is InChI=1S/C24H27IN6O2/c25-21(14-26)30-22-6-4-5-19(28-22)17-13-20(24(33)27-15-17)29-23(32)16-7-9-18(10-8-16)31-11-2-1-3-12-31/h4-10,13,15,21H,1-3,11-12,14,26H2,(H,27,33)(H,28,30)(H,29,32)/t21-/m0/s1. The Hall–Kier alpha value is -2.92. The molecule has 5 N–H and O–H groups in total. The molecule has 1 aliphatic heterocycles. The van der Waals surface area contributed by atoms with Crippen molar-refractivity contribution in [2.24, 2.45) is 5.73 Å². The third-order valence-corrected chi connectivity index (χ3v) is 6.38. The van der Waals surface area contributed by atoms with Gasteiger partial charge >= 0.3 is 0 Å². The van der Waals surface area contributed by atoms with Gasteiger partial charge in [-0.2, -0.15) is 0 Å². The fourth-order valence-electron chi connectivity index (χ4n) is 3.79. The summed E-state index contributed by atoms with van der Waals surface area (Å²) in [4.78, 5) is 34.8. The third kappa shape index (κ3) is 5.91. The van der Waals surface area contributed by atoms with Gasteiger partial charge in [0.05, 0.1) is 9.74 Å². The van der Waals surface area contributed by atoms with Crippen molar-refractivity contribution in [3.8, 4) is 11.3 Å². The molecule has 1 aromatic carbocycles. The lowest BCUT2D eigenvalue weighted by molar-refractivity contribution is 0.102. The van der Waals surface area contributed by atoms with Crippen molar-refractivity contribution in [3.63, 3.8) is 0 Å². The first-order chi connectivity index (χ1) is 16.0. The lowest BCUT2D eigenvalue weighted by atomic mass is 10.1. The third-order valence-electron chi connectivity index (χ3n) is 5.56. The molecule has 1 atom stereocenters. The molecule has 0 saturated carbocycles. The van der Waals surface area contributed by atoms with Crippen molar-refractivity contribution in [3.05, 3.63) is 70.6 Å². The maximum atomic E-state index is 12.8. The summed E-state index contributed by atoms with van der Waals surface area (Å²) in [7, 11) is 0. The van der Waals surface area contributed by atoms with Crippen LogP contribution < -0.4 is 26.8 Å². The molecule has 0 bridgehead atoms. The van der Waals surface area contributed by atoms with E-state index in [0.29, 0.717) is 29.2 Å². The summed E-state index contributed by atoms with van der Waals surface area (Å²) >= 11 is 2.20. The first kappa shape index (κ1) is 23.2. The molecule has 33 heavy (non-hydrogen) atoms. The van der Waals surface area contributed by atoms with Crippen LogP contribution in [0.25, 0.3) is 11.3 Å². The minimum atomic E-state index is -0.373. The highest BCUT2D eigenvalue weighted by Gasteiger charge is 2.14. The van der Waals surface area contributed by atoms with Crippen LogP contribution in [0.1, 0.15) is 29.6 Å². The van der Waals surface area contributed by atoms with Gasteiger partial charge in [-0.25, -0.2) is 4.98 Å². The number of pyridine rings is 2. The molecule has 1 fully saturated rings. The van der Waals surface area contributed by atoms with Crippen LogP contribution >= 0.6 is 22.6 Å². The summed E-state index contributed by atoms with van der Waals surface area (Å²) in [6.07, 6.45) is 5.25. The number of alkyl halides is 1. The molecule has 0 aliphatic carbocycles. The van der Waals surface area contributed by atoms with Gasteiger partial charge in [-0.3, -0.25) is 9.59 Å². The number of hydrogen-bond donors (Lipinski definition) is 4. The number of H-pyrrole nitrogens is 1. The number of amides is 1. The zero-order chi connectivity index (χ0) is 23.2. The minimum Gasteiger partial charge on any atom is -0.372 e. The lowest BCUT2D eigenvalue weighted by Crippen LogP contribution is -2.29. The molecule has 0 spiro atoms. The van der Waals surface area contributed by atoms with Crippen molar-refractivity contribution in [2.75, 3.05) is 35.2 Å². The molecule has 1 aliphatic rings. The Kier molecular flexibility index (Phi) is 7.61. The highest BCUT2D eigenvalue weighted by Crippen LogP contribution is 2.22. The summed E-state index contributed by atoms with van der Waals surface area (Å²) < 4.78 is 0.0529. The van der Waals surface area contributed by atoms with Crippen LogP contribution in [0.3, 0.4) is 0 Å². The molecule has 3 heterocycles. The van der Waals surface area contributed by atoms with E-state index in [4.69, 9.17) is 5.73 Å². The van der Waals surface area contributed by atoms with E-state index in [1.807, 2.05) is 30.3 Å². The molecule has 3 aromatic rings. The van der Waals surface area contributed by atoms with Gasteiger partial charge in [0.1, 0.15) is 11.5 Å². The van der Waals surface area contributed by atoms with Gasteiger partial charge in [0.25, 0.3) is 11.5 Å². The highest BCUT2D eigenvalue weighted by molar-refractivity contribution is 14.1. The number of halogens is 1. The van der Waals surface area contributed by atoms with Crippen LogP contribution in [0.5, 0.6) is 0 Å². The Morgan fingerprint density at radius 1 is 1.15 bits per heavy atom. The number of nitrogens with one attached hydrogen (secondary N) is 3. The van der Waals surface area contributed by atoms with E-state index in [9.17, 15) is 9.59 Å². The first-order valence-electron chi connectivity index (χ1n) is 11.0. The predicted octanol–water partition coefficient (Wildman–Crippen LogP) is 3.81. The van der Waals surface area contributed by atoms with Crippen LogP contribution in [0.2, 0.25) is 0 Å². The molecule has 9 heteroatoms. The molecule has 172 valence electrons. The molecule has 0 unspecified atom stereocenters. The zero-order valence-electron chi connectivity index (χ0n) is 18.2. The number of aromatic nitrogens is 2. The van der Waals surface area contributed by atoms with E-state index in [-0.39, 0.29) is 21.2 Å². The molecule has 2 aromatic heterocycles. The average molecular weight is 558 g/mol. The average Bonchev–Trinajstić information content (AvgIpc) is 2.86. The van der Waals surface area contributed by atoms with Crippen molar-refractivity contribution in [1.82, 2.24) is 9.97 Å². The van der Waals surface area contributed by atoms with E-state index in [1.54, 1.807) is 24.4 Å². The summed E-state index contributed by atoms with van der Waals surface area (Å²) in [6, 6.07) is 14.7. The topological polar surface area (TPSA) is 116 Å². The van der Waals surface area contributed by atoms with Gasteiger partial charge in [0, 0.05) is 42.6 Å². The van der Waals surface area contributed by atoms with Crippen LogP contribution in [-0.2, 0) is 0 Å². The molecule has 1 saturated heterocycles. The van der Waals surface area contributed by atoms with E-state index < -0.39 is 0 Å². The monoisotopic (exact) mass is 558 g/mol. The summed E-state index contributed by atoms with van der Waals surface area (Å²) in [6.45, 7) is 2.56. The second-order valence-electron chi connectivity index (χ2n) is 7.94. The maximum absolute atomic E-state index is 12.8. The van der Waals surface area contributed by atoms with Crippen LogP contribution in [0, 0.1) is 0 Å². The molecular weight excluding hydrogens is 531 g/mol. The quantitative estimate of drug-likeness (QED) is 0.199. The van der Waals surface area contributed by atoms with Crippen molar-refractivity contribution in [2.45, 2.75) is 23.3 Å². The summed E-state index contributed by atoms with van der Waals surface area (Å²) in [5.41, 5.74) is 8.44. The van der Waals surface area contributed by atoms with E-state index in [0.717, 1.165) is 18.8 Å². The van der Waals surface area contributed by atoms with Gasteiger partial charge in [-0.1, -0.05) is 28.7 Å². The van der Waals surface area contributed by atoms with Crippen LogP contribution in [-0.4, -0.2) is 39.6 Å². The smallest absolute Gasteiger partial charge is 0.271 e. The van der Waals surface area contributed by atoms with E-state index in [1.165, 1.54) is 19.3 Å². The predicted molar refractivity (Wildman–Crippen MR) is 141 cm³/mol. The van der Waals surface area contributed by atoms with E-state index >= 15 is 0 Å². The van der Waals surface area contributed by atoms with Gasteiger partial charge in [-0.15, -0.1) is 0 Å². The molecule has 0 radical (unpaired) electrons. The summed E-state index contributed by atoms with van der Waals surface area (Å²) in [5.74, 6) is 0.352. The van der Waals surface area contributed by atoms with Crippen LogP contribution in [0.15, 0.2) is 59.5 Å². The molecule has 8 nitrogen and oxygen atoms in total. The van der Waals surface area contributed by atoms with Gasteiger partial charge < -0.3 is 26.3 Å². The lowest BCUT2D eigenvalue weighted by Gasteiger charge is -2.28. The normalized spacial score (nSPS) is 14.5. The Morgan fingerprint density at radius 3 is 2.64 bits per heavy atom. The van der Waals surface area contributed by atoms with Crippen LogP contribution in [0.4, 0.5) is 17.2 Å². The van der Waals surface area contributed by atoms with Gasteiger partial charge in [0.15, 0.2) is 0 Å². The number of nitrogens with two attached hydrogens (primary N) is 1. The fourth-order valence-corrected chi connectivity index (χ4v) is 4.11. The Morgan fingerprint density at radius 2 is 1.91 bits per heavy atom. The SMILES string of the molecule is NC[C@@H](I)Nc1cccc(-c2c[nH]c(=O)c(NC(=O)c3ccc(N4CCCCC4)cc3)c2)n1. The summed E-state index contributed by atoms with van der Waals surface area (Å²) in [5, 5.41) is 5.95. The number of nitrogens with zero attached hydrogens (tertiary/aromatic N) is 2. The van der Waals surface area contributed by atoms with Crippen molar-refractivity contribution < 1.29 is 4.79 Å². The number of rotatable bonds is 7. The number of anilines is 3. The number of benzene rings is 1. The highest BCUT2D eigenvalue weighted by atomic mass is 127. The molecule has 1 amide bonds. The number of hydrogen-bond acceptors (Lipinski definition) is 6.